The van der Waals surface area contributed by atoms with Crippen molar-refractivity contribution in [3.63, 3.8) is 0 Å². The molecule has 0 amide bonds. The number of aromatic nitrogens is 3. The molecule has 1 aromatic carbocycles. The van der Waals surface area contributed by atoms with Crippen LogP contribution in [-0.4, -0.2) is 66.4 Å². The van der Waals surface area contributed by atoms with Crippen molar-refractivity contribution in [3.05, 3.63) is 48.4 Å². The second kappa shape index (κ2) is 10.3. The summed E-state index contributed by atoms with van der Waals surface area (Å²) in [5.41, 5.74) is 7.35. The number of nitrogens with zero attached hydrogens (tertiary/aromatic N) is 5. The van der Waals surface area contributed by atoms with Crippen molar-refractivity contribution in [1.29, 1.82) is 0 Å². The van der Waals surface area contributed by atoms with E-state index in [4.69, 9.17) is 15.2 Å². The lowest BCUT2D eigenvalue weighted by Gasteiger charge is -2.28. The lowest BCUT2D eigenvalue weighted by molar-refractivity contribution is -0.199. The monoisotopic (exact) mass is 476 g/mol. The van der Waals surface area contributed by atoms with Gasteiger partial charge in [0.1, 0.15) is 22.8 Å². The van der Waals surface area contributed by atoms with Gasteiger partial charge in [-0.1, -0.05) is 0 Å². The number of hydrogen-bond donors (Lipinski definition) is 2. The second-order valence-electron chi connectivity index (χ2n) is 7.02. The van der Waals surface area contributed by atoms with Crippen molar-refractivity contribution in [2.45, 2.75) is 12.3 Å². The van der Waals surface area contributed by atoms with Crippen molar-refractivity contribution < 1.29 is 27.8 Å². The van der Waals surface area contributed by atoms with Gasteiger partial charge in [0, 0.05) is 48.9 Å². The van der Waals surface area contributed by atoms with Gasteiger partial charge in [0.15, 0.2) is 11.8 Å². The van der Waals surface area contributed by atoms with Crippen LogP contribution in [0.1, 0.15) is 5.69 Å². The number of aliphatic hydroxyl groups excluding tert-OH is 1. The van der Waals surface area contributed by atoms with E-state index in [0.29, 0.717) is 28.3 Å². The van der Waals surface area contributed by atoms with Gasteiger partial charge >= 0.3 is 6.18 Å². The standard InChI is InChI=1S/C22H23F3N6O3/c1-27-10-13(9-26)18-11-28-17-4-5-20(30-21(17)29-18)31(12-19(32)22(23,24)25)14-6-15(33-2)8-16(7-14)34-3/h4-11,19,32H,12,26H2,1-3H3. The first-order valence-corrected chi connectivity index (χ1v) is 9.93. The summed E-state index contributed by atoms with van der Waals surface area (Å²) in [6, 6.07) is 7.64. The van der Waals surface area contributed by atoms with E-state index in [9.17, 15) is 18.3 Å². The molecular weight excluding hydrogens is 453 g/mol. The minimum Gasteiger partial charge on any atom is -0.497 e. The number of anilines is 2. The fourth-order valence-corrected chi connectivity index (χ4v) is 3.07. The number of nitrogens with two attached hydrogens (primary N) is 1. The van der Waals surface area contributed by atoms with Crippen LogP contribution >= 0.6 is 0 Å². The summed E-state index contributed by atoms with van der Waals surface area (Å²) in [4.78, 5) is 18.2. The van der Waals surface area contributed by atoms with E-state index in [1.54, 1.807) is 19.2 Å². The van der Waals surface area contributed by atoms with Crippen molar-refractivity contribution in [1.82, 2.24) is 15.0 Å². The van der Waals surface area contributed by atoms with E-state index in [-0.39, 0.29) is 17.2 Å². The maximum atomic E-state index is 13.2. The molecule has 3 N–H and O–H groups in total. The number of benzene rings is 1. The molecular formula is C22H23F3N6O3. The van der Waals surface area contributed by atoms with Crippen LogP contribution in [-0.2, 0) is 0 Å². The number of aliphatic hydroxyl groups is 1. The van der Waals surface area contributed by atoms with Gasteiger partial charge in [-0.15, -0.1) is 0 Å². The van der Waals surface area contributed by atoms with Gasteiger partial charge in [-0.25, -0.2) is 9.97 Å². The minimum atomic E-state index is -4.84. The lowest BCUT2D eigenvalue weighted by Crippen LogP contribution is -2.39. The number of halogens is 3. The Morgan fingerprint density at radius 2 is 1.85 bits per heavy atom. The Morgan fingerprint density at radius 1 is 1.18 bits per heavy atom. The molecule has 0 saturated heterocycles. The molecule has 0 radical (unpaired) electrons. The Labute approximate surface area is 193 Å². The average molecular weight is 476 g/mol. The zero-order valence-corrected chi connectivity index (χ0v) is 18.6. The number of pyridine rings is 1. The molecule has 1 atom stereocenters. The third-order valence-corrected chi connectivity index (χ3v) is 4.79. The molecule has 12 heteroatoms. The van der Waals surface area contributed by atoms with Gasteiger partial charge in [0.2, 0.25) is 0 Å². The maximum Gasteiger partial charge on any atom is 0.416 e. The van der Waals surface area contributed by atoms with Crippen molar-refractivity contribution in [3.8, 4) is 11.5 Å². The predicted molar refractivity (Wildman–Crippen MR) is 123 cm³/mol. The molecule has 9 nitrogen and oxygen atoms in total. The highest BCUT2D eigenvalue weighted by Crippen LogP contribution is 2.34. The number of allylic oxidation sites excluding steroid dienone is 1. The SMILES string of the molecule is CN=CC(=CN)c1cnc2ccc(N(CC(O)C(F)(F)F)c3cc(OC)cc(OC)c3)nc2n1. The van der Waals surface area contributed by atoms with Crippen molar-refractivity contribution in [2.24, 2.45) is 10.7 Å². The summed E-state index contributed by atoms with van der Waals surface area (Å²) in [7, 11) is 4.41. The first-order valence-electron chi connectivity index (χ1n) is 9.93. The average Bonchev–Trinajstić information content (AvgIpc) is 2.83. The third-order valence-electron chi connectivity index (χ3n) is 4.79. The molecule has 1 unspecified atom stereocenters. The Balaban J connectivity index is 2.15. The number of methoxy groups -OCH3 is 2. The Kier molecular flexibility index (Phi) is 7.51. The van der Waals surface area contributed by atoms with Gasteiger partial charge in [-0.3, -0.25) is 9.98 Å². The molecule has 3 aromatic rings. The normalized spacial score (nSPS) is 13.3. The Morgan fingerprint density at radius 3 is 2.41 bits per heavy atom. The number of aliphatic imine (C=N–C) groups is 1. The first-order chi connectivity index (χ1) is 16.2. The second-order valence-corrected chi connectivity index (χ2v) is 7.02. The lowest BCUT2D eigenvalue weighted by atomic mass is 10.2. The predicted octanol–water partition coefficient (Wildman–Crippen LogP) is 3.10. The Hall–Kier alpha value is -3.93. The molecule has 0 fully saturated rings. The molecule has 0 spiro atoms. The highest BCUT2D eigenvalue weighted by atomic mass is 19.4. The maximum absolute atomic E-state index is 13.2. The largest absolute Gasteiger partial charge is 0.497 e. The van der Waals surface area contributed by atoms with E-state index >= 15 is 0 Å². The molecule has 180 valence electrons. The molecule has 34 heavy (non-hydrogen) atoms. The summed E-state index contributed by atoms with van der Waals surface area (Å²) < 4.78 is 50.2. The third kappa shape index (κ3) is 5.52. The first kappa shape index (κ1) is 24.7. The fourth-order valence-electron chi connectivity index (χ4n) is 3.07. The molecule has 0 aliphatic rings. The summed E-state index contributed by atoms with van der Waals surface area (Å²) >= 11 is 0. The molecule has 0 bridgehead atoms. The highest BCUT2D eigenvalue weighted by molar-refractivity contribution is 6.09. The van der Waals surface area contributed by atoms with E-state index < -0.39 is 18.8 Å². The van der Waals surface area contributed by atoms with E-state index in [1.807, 2.05) is 0 Å². The summed E-state index contributed by atoms with van der Waals surface area (Å²) in [5, 5.41) is 9.83. The van der Waals surface area contributed by atoms with E-state index in [2.05, 4.69) is 19.9 Å². The van der Waals surface area contributed by atoms with Crippen LogP contribution in [0.4, 0.5) is 24.7 Å². The number of fused-ring (bicyclic) bond motifs is 1. The van der Waals surface area contributed by atoms with Crippen molar-refractivity contribution >= 4 is 34.5 Å². The van der Waals surface area contributed by atoms with Gasteiger partial charge in [0.25, 0.3) is 0 Å². The van der Waals surface area contributed by atoms with Crippen LogP contribution in [0.3, 0.4) is 0 Å². The zero-order valence-electron chi connectivity index (χ0n) is 18.6. The molecule has 3 rings (SSSR count). The molecule has 2 heterocycles. The summed E-state index contributed by atoms with van der Waals surface area (Å²) in [6.07, 6.45) is -3.20. The number of alkyl halides is 3. The van der Waals surface area contributed by atoms with Crippen LogP contribution in [0.5, 0.6) is 11.5 Å². The topological polar surface area (TPSA) is 119 Å². The van der Waals surface area contributed by atoms with E-state index in [1.165, 1.54) is 55.9 Å². The minimum absolute atomic E-state index is 0.0972. The van der Waals surface area contributed by atoms with Gasteiger partial charge in [0.05, 0.1) is 32.7 Å². The van der Waals surface area contributed by atoms with E-state index in [0.717, 1.165) is 0 Å². The summed E-state index contributed by atoms with van der Waals surface area (Å²) in [6.45, 7) is -0.831. The van der Waals surface area contributed by atoms with Gasteiger partial charge < -0.3 is 25.2 Å². The van der Waals surface area contributed by atoms with Crippen molar-refractivity contribution in [2.75, 3.05) is 32.7 Å². The van der Waals surface area contributed by atoms with Crippen LogP contribution in [0.2, 0.25) is 0 Å². The van der Waals surface area contributed by atoms with Gasteiger partial charge in [-0.05, 0) is 12.1 Å². The van der Waals surface area contributed by atoms with Crippen LogP contribution in [0, 0.1) is 0 Å². The number of ether oxygens (including phenoxy) is 2. The van der Waals surface area contributed by atoms with Gasteiger partial charge in [-0.2, -0.15) is 13.2 Å². The van der Waals surface area contributed by atoms with Crippen LogP contribution < -0.4 is 20.1 Å². The smallest absolute Gasteiger partial charge is 0.416 e. The molecule has 0 saturated carbocycles. The fraction of sp³-hybridized carbons (Fsp3) is 0.273. The highest BCUT2D eigenvalue weighted by Gasteiger charge is 2.40. The molecule has 0 aliphatic carbocycles. The van der Waals surface area contributed by atoms with Crippen LogP contribution in [0.15, 0.2) is 47.7 Å². The van der Waals surface area contributed by atoms with Crippen LogP contribution in [0.25, 0.3) is 16.7 Å². The quantitative estimate of drug-likeness (QED) is 0.476. The Bertz CT molecular complexity index is 1190. The molecule has 0 aliphatic heterocycles. The number of hydrogen-bond acceptors (Lipinski definition) is 9. The molecule has 2 aromatic heterocycles. The number of rotatable bonds is 8. The zero-order chi connectivity index (χ0) is 24.9. The summed E-state index contributed by atoms with van der Waals surface area (Å²) in [5.74, 6) is 0.792.